The highest BCUT2D eigenvalue weighted by atomic mass is 16.6. The van der Waals surface area contributed by atoms with Gasteiger partial charge in [0.05, 0.1) is 0 Å². The van der Waals surface area contributed by atoms with Gasteiger partial charge in [-0.15, -0.1) is 0 Å². The molecule has 0 amide bonds. The Labute approximate surface area is 241 Å². The summed E-state index contributed by atoms with van der Waals surface area (Å²) in [6.45, 7) is 4.40. The minimum atomic E-state index is -1.03. The van der Waals surface area contributed by atoms with Crippen LogP contribution in [0.2, 0.25) is 0 Å². The van der Waals surface area contributed by atoms with E-state index in [-0.39, 0.29) is 12.4 Å². The number of esters is 1. The molecular weight excluding hydrogens is 484 g/mol. The van der Waals surface area contributed by atoms with Crippen molar-refractivity contribution in [2.75, 3.05) is 0 Å². The fourth-order valence-electron chi connectivity index (χ4n) is 4.43. The highest BCUT2D eigenvalue weighted by molar-refractivity contribution is 5.77. The second-order valence-electron chi connectivity index (χ2n) is 10.6. The fourth-order valence-corrected chi connectivity index (χ4v) is 4.43. The fraction of sp³-hybridized carbons (Fsp3) is 0.714. The normalized spacial score (nSPS) is 12.9. The molecule has 0 aromatic heterocycles. The summed E-state index contributed by atoms with van der Waals surface area (Å²) in [4.78, 5) is 23.6. The van der Waals surface area contributed by atoms with Crippen LogP contribution in [0, 0.1) is 0 Å². The summed E-state index contributed by atoms with van der Waals surface area (Å²) in [6.07, 6.45) is 39.9. The topological polar surface area (TPSA) is 63.6 Å². The van der Waals surface area contributed by atoms with Crippen molar-refractivity contribution in [1.29, 1.82) is 0 Å². The molecule has 0 saturated heterocycles. The van der Waals surface area contributed by atoms with Gasteiger partial charge >= 0.3 is 11.9 Å². The maximum absolute atomic E-state index is 12.1. The van der Waals surface area contributed by atoms with E-state index in [9.17, 15) is 14.7 Å². The monoisotopic (exact) mass is 544 g/mol. The Kier molecular flexibility index (Phi) is 28.8. The van der Waals surface area contributed by atoms with E-state index in [0.717, 1.165) is 64.2 Å². The molecule has 0 fully saturated rings. The molecule has 1 N–H and O–H groups in total. The van der Waals surface area contributed by atoms with E-state index >= 15 is 0 Å². The van der Waals surface area contributed by atoms with Crippen LogP contribution in [0.3, 0.4) is 0 Å². The molecular formula is C35H60O4. The zero-order valence-electron chi connectivity index (χ0n) is 25.4. The van der Waals surface area contributed by atoms with Crippen LogP contribution >= 0.6 is 0 Å². The van der Waals surface area contributed by atoms with E-state index in [1.165, 1.54) is 64.2 Å². The van der Waals surface area contributed by atoms with Gasteiger partial charge in [-0.2, -0.15) is 0 Å². The minimum absolute atomic E-state index is 0.288. The second-order valence-corrected chi connectivity index (χ2v) is 10.6. The molecule has 0 rings (SSSR count). The summed E-state index contributed by atoms with van der Waals surface area (Å²) < 4.78 is 5.26. The maximum atomic E-state index is 12.1. The Morgan fingerprint density at radius 3 is 1.54 bits per heavy atom. The lowest BCUT2D eigenvalue weighted by atomic mass is 10.0. The molecule has 1 atom stereocenters. The Morgan fingerprint density at radius 2 is 1.05 bits per heavy atom. The molecule has 39 heavy (non-hydrogen) atoms. The SMILES string of the molecule is CC/C=C\C/C=C\C/C=C\C/C=C\CCCCC(=O)OC(CCCCCCCCCCCCCCC)C(=O)O. The third-order valence-corrected chi connectivity index (χ3v) is 6.84. The molecule has 0 saturated carbocycles. The van der Waals surface area contributed by atoms with Crippen molar-refractivity contribution in [2.24, 2.45) is 0 Å². The van der Waals surface area contributed by atoms with Gasteiger partial charge in [0.15, 0.2) is 6.10 Å². The first-order chi connectivity index (χ1) is 19.1. The van der Waals surface area contributed by atoms with Crippen LogP contribution in [0.4, 0.5) is 0 Å². The molecule has 0 heterocycles. The van der Waals surface area contributed by atoms with Crippen molar-refractivity contribution < 1.29 is 19.4 Å². The van der Waals surface area contributed by atoms with Crippen LogP contribution in [0.25, 0.3) is 0 Å². The van der Waals surface area contributed by atoms with E-state index in [1.807, 2.05) is 0 Å². The van der Waals surface area contributed by atoms with Crippen LogP contribution < -0.4 is 0 Å². The maximum Gasteiger partial charge on any atom is 0.345 e. The number of hydrogen-bond donors (Lipinski definition) is 1. The highest BCUT2D eigenvalue weighted by Gasteiger charge is 2.21. The Balaban J connectivity index is 3.71. The number of aliphatic carboxylic acids is 1. The van der Waals surface area contributed by atoms with Crippen molar-refractivity contribution in [2.45, 2.75) is 161 Å². The number of rotatable bonds is 28. The largest absolute Gasteiger partial charge is 0.479 e. The predicted molar refractivity (Wildman–Crippen MR) is 167 cm³/mol. The van der Waals surface area contributed by atoms with Crippen molar-refractivity contribution in [3.8, 4) is 0 Å². The first-order valence-corrected chi connectivity index (χ1v) is 16.1. The number of carbonyl (C=O) groups excluding carboxylic acids is 1. The molecule has 0 bridgehead atoms. The van der Waals surface area contributed by atoms with E-state index < -0.39 is 12.1 Å². The van der Waals surface area contributed by atoms with Gasteiger partial charge in [-0.3, -0.25) is 4.79 Å². The summed E-state index contributed by atoms with van der Waals surface area (Å²) in [5.74, 6) is -1.41. The van der Waals surface area contributed by atoms with Crippen molar-refractivity contribution in [3.05, 3.63) is 48.6 Å². The highest BCUT2D eigenvalue weighted by Crippen LogP contribution is 2.15. The van der Waals surface area contributed by atoms with Gasteiger partial charge in [0.2, 0.25) is 0 Å². The number of hydrogen-bond acceptors (Lipinski definition) is 3. The number of carbonyl (C=O) groups is 2. The van der Waals surface area contributed by atoms with Gasteiger partial charge in [0.25, 0.3) is 0 Å². The van der Waals surface area contributed by atoms with Gasteiger partial charge in [-0.05, 0) is 57.8 Å². The van der Waals surface area contributed by atoms with E-state index in [4.69, 9.17) is 4.74 Å². The number of unbranched alkanes of at least 4 members (excludes halogenated alkanes) is 14. The van der Waals surface area contributed by atoms with Gasteiger partial charge in [-0.1, -0.05) is 140 Å². The average Bonchev–Trinajstić information content (AvgIpc) is 2.92. The molecule has 0 aromatic rings. The van der Waals surface area contributed by atoms with Crippen LogP contribution in [0.1, 0.15) is 155 Å². The van der Waals surface area contributed by atoms with Gasteiger partial charge in [0.1, 0.15) is 0 Å². The van der Waals surface area contributed by atoms with E-state index in [0.29, 0.717) is 6.42 Å². The standard InChI is InChI=1S/C35H60O4/c1-3-5-7-9-11-13-15-17-18-20-22-24-26-28-30-32-34(36)39-33(35(37)38)31-29-27-25-23-21-19-16-14-12-10-8-6-4-2/h5,7,11,13,17-18,22,24,33H,3-4,6,8-10,12,14-16,19-21,23,25-32H2,1-2H3,(H,37,38)/b7-5-,13-11-,18-17-,24-22-. The molecule has 0 aromatic carbocycles. The Bertz CT molecular complexity index is 674. The smallest absolute Gasteiger partial charge is 0.345 e. The number of carboxylic acid groups (broad SMARTS) is 1. The first kappa shape index (κ1) is 36.9. The zero-order chi connectivity index (χ0) is 28.7. The molecule has 0 radical (unpaired) electrons. The molecule has 224 valence electrons. The molecule has 4 nitrogen and oxygen atoms in total. The Hall–Kier alpha value is -2.10. The Morgan fingerprint density at radius 1 is 0.590 bits per heavy atom. The molecule has 0 aliphatic rings. The van der Waals surface area contributed by atoms with Crippen molar-refractivity contribution >= 4 is 11.9 Å². The van der Waals surface area contributed by atoms with Crippen LogP contribution in [-0.4, -0.2) is 23.1 Å². The molecule has 0 spiro atoms. The zero-order valence-corrected chi connectivity index (χ0v) is 25.4. The second kappa shape index (κ2) is 30.4. The van der Waals surface area contributed by atoms with Crippen molar-refractivity contribution in [3.63, 3.8) is 0 Å². The summed E-state index contributed by atoms with van der Waals surface area (Å²) in [5.41, 5.74) is 0. The first-order valence-electron chi connectivity index (χ1n) is 16.1. The van der Waals surface area contributed by atoms with Gasteiger partial charge in [0, 0.05) is 6.42 Å². The van der Waals surface area contributed by atoms with Crippen LogP contribution in [-0.2, 0) is 14.3 Å². The predicted octanol–water partition coefficient (Wildman–Crippen LogP) is 10.8. The number of ether oxygens (including phenoxy) is 1. The van der Waals surface area contributed by atoms with Gasteiger partial charge < -0.3 is 9.84 Å². The molecule has 4 heteroatoms. The third-order valence-electron chi connectivity index (χ3n) is 6.84. The lowest BCUT2D eigenvalue weighted by Gasteiger charge is -2.13. The summed E-state index contributed by atoms with van der Waals surface area (Å²) in [6, 6.07) is 0. The third kappa shape index (κ3) is 28.7. The summed E-state index contributed by atoms with van der Waals surface area (Å²) in [7, 11) is 0. The number of allylic oxidation sites excluding steroid dienone is 8. The lowest BCUT2D eigenvalue weighted by Crippen LogP contribution is -2.27. The van der Waals surface area contributed by atoms with Crippen LogP contribution in [0.5, 0.6) is 0 Å². The molecule has 1 unspecified atom stereocenters. The van der Waals surface area contributed by atoms with Gasteiger partial charge in [-0.25, -0.2) is 4.79 Å². The molecule has 0 aliphatic heterocycles. The van der Waals surface area contributed by atoms with E-state index in [2.05, 4.69) is 62.5 Å². The van der Waals surface area contributed by atoms with Crippen molar-refractivity contribution in [1.82, 2.24) is 0 Å². The van der Waals surface area contributed by atoms with Crippen LogP contribution in [0.15, 0.2) is 48.6 Å². The lowest BCUT2D eigenvalue weighted by molar-refractivity contribution is -0.164. The minimum Gasteiger partial charge on any atom is -0.479 e. The summed E-state index contributed by atoms with van der Waals surface area (Å²) >= 11 is 0. The summed E-state index contributed by atoms with van der Waals surface area (Å²) in [5, 5.41) is 9.42. The molecule has 0 aliphatic carbocycles. The average molecular weight is 545 g/mol. The number of carboxylic acids is 1. The van der Waals surface area contributed by atoms with E-state index in [1.54, 1.807) is 0 Å². The quantitative estimate of drug-likeness (QED) is 0.0604.